The zero-order valence-electron chi connectivity index (χ0n) is 24.6. The molecule has 1 saturated heterocycles. The predicted molar refractivity (Wildman–Crippen MR) is 175 cm³/mol. The molecule has 2 atom stereocenters. The van der Waals surface area contributed by atoms with E-state index in [1.54, 1.807) is 35.8 Å². The van der Waals surface area contributed by atoms with Crippen LogP contribution in [0.5, 0.6) is 0 Å². The molecule has 1 fully saturated rings. The van der Waals surface area contributed by atoms with E-state index in [1.807, 2.05) is 6.07 Å². The van der Waals surface area contributed by atoms with E-state index < -0.39 is 18.1 Å². The first kappa shape index (κ1) is 30.3. The van der Waals surface area contributed by atoms with Crippen molar-refractivity contribution in [1.82, 2.24) is 29.2 Å². The molecule has 234 valence electrons. The van der Waals surface area contributed by atoms with Crippen molar-refractivity contribution in [2.45, 2.75) is 43.9 Å². The summed E-state index contributed by atoms with van der Waals surface area (Å²) < 4.78 is 22.8. The van der Waals surface area contributed by atoms with Gasteiger partial charge in [0.15, 0.2) is 11.2 Å². The molecule has 45 heavy (non-hydrogen) atoms. The molecule has 9 nitrogen and oxygen atoms in total. The van der Waals surface area contributed by atoms with E-state index in [-0.39, 0.29) is 13.0 Å². The first-order valence-electron chi connectivity index (χ1n) is 15.0. The smallest absolute Gasteiger partial charge is 0.257 e. The molecule has 0 aliphatic carbocycles. The van der Waals surface area contributed by atoms with Crippen LogP contribution >= 0.6 is 34.5 Å². The zero-order valence-corrected chi connectivity index (χ0v) is 27.0. The second-order valence-corrected chi connectivity index (χ2v) is 13.3. The third-order valence-corrected chi connectivity index (χ3v) is 10.2. The second-order valence-electron chi connectivity index (χ2n) is 11.6. The molecule has 0 bridgehead atoms. The van der Waals surface area contributed by atoms with Crippen LogP contribution in [-0.4, -0.2) is 74.6 Å². The SMILES string of the molecule is COCCN1CCC(c2ccc(-c3cc(Cl)c4cn(C(C(=O)Nc5nccs5)c5ncn6c5CC(F)C6)nc4c3Cl)cc2)CC1. The van der Waals surface area contributed by atoms with Crippen molar-refractivity contribution in [3.8, 4) is 11.1 Å². The Morgan fingerprint density at radius 3 is 2.73 bits per heavy atom. The summed E-state index contributed by atoms with van der Waals surface area (Å²) in [7, 11) is 1.74. The fraction of sp³-hybridized carbons (Fsp3) is 0.375. The summed E-state index contributed by atoms with van der Waals surface area (Å²) in [5, 5.41) is 11.4. The Morgan fingerprint density at radius 2 is 2.00 bits per heavy atom. The van der Waals surface area contributed by atoms with Gasteiger partial charge in [-0.25, -0.2) is 14.4 Å². The lowest BCUT2D eigenvalue weighted by atomic mass is 9.88. The van der Waals surface area contributed by atoms with Crippen LogP contribution in [0.1, 0.15) is 41.8 Å². The number of likely N-dealkylation sites (tertiary alicyclic amines) is 1. The summed E-state index contributed by atoms with van der Waals surface area (Å²) in [6.45, 7) is 4.07. The molecule has 0 spiro atoms. The number of hydrogen-bond acceptors (Lipinski definition) is 7. The van der Waals surface area contributed by atoms with Crippen LogP contribution in [0.25, 0.3) is 22.0 Å². The van der Waals surface area contributed by atoms with Crippen LogP contribution < -0.4 is 5.32 Å². The van der Waals surface area contributed by atoms with Crippen LogP contribution in [0.4, 0.5) is 9.52 Å². The highest BCUT2D eigenvalue weighted by Gasteiger charge is 2.34. The molecule has 0 radical (unpaired) electrons. The number of nitrogens with one attached hydrogen (secondary N) is 1. The Labute approximate surface area is 273 Å². The maximum atomic E-state index is 14.3. The van der Waals surface area contributed by atoms with Gasteiger partial charge in [0, 0.05) is 54.5 Å². The third kappa shape index (κ3) is 5.99. The summed E-state index contributed by atoms with van der Waals surface area (Å²) in [6.07, 6.45) is 6.25. The average Bonchev–Trinajstić information content (AvgIpc) is 3.85. The highest BCUT2D eigenvalue weighted by molar-refractivity contribution is 7.13. The fourth-order valence-corrected chi connectivity index (χ4v) is 7.54. The van der Waals surface area contributed by atoms with Crippen molar-refractivity contribution in [3.63, 3.8) is 0 Å². The molecule has 2 aliphatic rings. The Bertz CT molecular complexity index is 1820. The molecular formula is C32H32Cl2FN7O2S. The van der Waals surface area contributed by atoms with Gasteiger partial charge in [-0.3, -0.25) is 14.8 Å². The molecule has 1 amide bonds. The van der Waals surface area contributed by atoms with Crippen molar-refractivity contribution < 1.29 is 13.9 Å². The molecule has 3 aromatic heterocycles. The van der Waals surface area contributed by atoms with Gasteiger partial charge in [0.1, 0.15) is 11.7 Å². The van der Waals surface area contributed by atoms with E-state index in [9.17, 15) is 9.18 Å². The normalized spacial score (nSPS) is 18.0. The summed E-state index contributed by atoms with van der Waals surface area (Å²) in [5.74, 6) is 0.119. The largest absolute Gasteiger partial charge is 0.383 e. The third-order valence-electron chi connectivity index (χ3n) is 8.82. The second kappa shape index (κ2) is 12.8. The number of anilines is 1. The quantitative estimate of drug-likeness (QED) is 0.190. The fourth-order valence-electron chi connectivity index (χ4n) is 6.46. The summed E-state index contributed by atoms with van der Waals surface area (Å²) in [5.41, 5.74) is 4.57. The number of thiazole rings is 1. The number of alkyl halides is 1. The monoisotopic (exact) mass is 667 g/mol. The van der Waals surface area contributed by atoms with E-state index in [0.29, 0.717) is 43.4 Å². The van der Waals surface area contributed by atoms with Gasteiger partial charge >= 0.3 is 0 Å². The molecule has 2 aliphatic heterocycles. The molecule has 2 aromatic carbocycles. The number of imidazole rings is 1. The first-order chi connectivity index (χ1) is 21.9. The standard InChI is InChI=1S/C32H32Cl2FN7O2S/c1-44-12-11-40-9-6-20(7-10-40)19-2-4-21(5-3-19)23-15-25(33)24-17-42(39-28(24)27(23)34)30(31(43)38-32-36-8-13-45-32)29-26-14-22(35)16-41(26)18-37-29/h2-5,8,13,15,17-18,20,22,30H,6-7,9-12,14,16H2,1H3,(H,36,38,43). The van der Waals surface area contributed by atoms with Gasteiger partial charge in [-0.15, -0.1) is 11.3 Å². The van der Waals surface area contributed by atoms with Gasteiger partial charge in [0.05, 0.1) is 35.2 Å². The van der Waals surface area contributed by atoms with Crippen molar-refractivity contribution in [2.75, 3.05) is 38.7 Å². The highest BCUT2D eigenvalue weighted by atomic mass is 35.5. The number of halogens is 3. The van der Waals surface area contributed by atoms with Crippen LogP contribution in [0.3, 0.4) is 0 Å². The van der Waals surface area contributed by atoms with E-state index >= 15 is 0 Å². The van der Waals surface area contributed by atoms with Gasteiger partial charge in [-0.05, 0) is 49.0 Å². The number of methoxy groups -OCH3 is 1. The topological polar surface area (TPSA) is 90.1 Å². The summed E-state index contributed by atoms with van der Waals surface area (Å²) in [4.78, 5) is 24.9. The molecule has 0 saturated carbocycles. The molecule has 5 heterocycles. The Balaban J connectivity index is 1.19. The van der Waals surface area contributed by atoms with Crippen molar-refractivity contribution in [1.29, 1.82) is 0 Å². The van der Waals surface area contributed by atoms with Crippen LogP contribution in [0.15, 0.2) is 54.4 Å². The van der Waals surface area contributed by atoms with E-state index in [4.69, 9.17) is 33.0 Å². The summed E-state index contributed by atoms with van der Waals surface area (Å²) in [6, 6.07) is 9.37. The van der Waals surface area contributed by atoms with Gasteiger partial charge in [0.2, 0.25) is 0 Å². The maximum absolute atomic E-state index is 14.3. The average molecular weight is 669 g/mol. The van der Waals surface area contributed by atoms with E-state index in [1.165, 1.54) is 21.6 Å². The Kier molecular flexibility index (Phi) is 8.62. The van der Waals surface area contributed by atoms with Crippen LogP contribution in [0.2, 0.25) is 10.0 Å². The van der Waals surface area contributed by atoms with Crippen molar-refractivity contribution >= 4 is 56.5 Å². The number of nitrogens with zero attached hydrogens (tertiary/aromatic N) is 6. The predicted octanol–water partition coefficient (Wildman–Crippen LogP) is 6.61. The minimum Gasteiger partial charge on any atom is -0.383 e. The molecule has 7 rings (SSSR count). The van der Waals surface area contributed by atoms with Crippen LogP contribution in [0, 0.1) is 0 Å². The Morgan fingerprint density at radius 1 is 1.20 bits per heavy atom. The number of rotatable bonds is 9. The summed E-state index contributed by atoms with van der Waals surface area (Å²) >= 11 is 15.2. The number of amides is 1. The number of fused-ring (bicyclic) bond motifs is 2. The number of hydrogen-bond donors (Lipinski definition) is 1. The molecular weight excluding hydrogens is 636 g/mol. The number of piperidine rings is 1. The molecule has 1 N–H and O–H groups in total. The lowest BCUT2D eigenvalue weighted by Crippen LogP contribution is -2.35. The number of carbonyl (C=O) groups is 1. The minimum absolute atomic E-state index is 0.172. The van der Waals surface area contributed by atoms with Crippen molar-refractivity contribution in [2.24, 2.45) is 0 Å². The number of ether oxygens (including phenoxy) is 1. The van der Waals surface area contributed by atoms with Crippen LogP contribution in [-0.2, 0) is 22.5 Å². The maximum Gasteiger partial charge on any atom is 0.257 e. The number of carbonyl (C=O) groups excluding carboxylic acids is 1. The lowest BCUT2D eigenvalue weighted by Gasteiger charge is -2.32. The molecule has 13 heteroatoms. The zero-order chi connectivity index (χ0) is 31.1. The molecule has 5 aromatic rings. The number of aromatic nitrogens is 5. The highest BCUT2D eigenvalue weighted by Crippen LogP contribution is 2.40. The van der Waals surface area contributed by atoms with Gasteiger partial charge in [0.25, 0.3) is 5.91 Å². The van der Waals surface area contributed by atoms with Gasteiger partial charge in [-0.1, -0.05) is 47.5 Å². The minimum atomic E-state index is -1.03. The Hall–Kier alpha value is -3.35. The van der Waals surface area contributed by atoms with E-state index in [2.05, 4.69) is 44.5 Å². The first-order valence-corrected chi connectivity index (χ1v) is 16.6. The lowest BCUT2D eigenvalue weighted by molar-refractivity contribution is -0.118. The van der Waals surface area contributed by atoms with Crippen molar-refractivity contribution in [3.05, 3.63) is 81.4 Å². The van der Waals surface area contributed by atoms with Gasteiger partial charge < -0.3 is 14.2 Å². The van der Waals surface area contributed by atoms with Gasteiger partial charge in [-0.2, -0.15) is 5.10 Å². The number of benzene rings is 2. The van der Waals surface area contributed by atoms with E-state index in [0.717, 1.165) is 50.2 Å². The molecule has 2 unspecified atom stereocenters.